The minimum Gasteiger partial charge on any atom is -0.501 e. The van der Waals surface area contributed by atoms with Crippen molar-refractivity contribution in [3.05, 3.63) is 169 Å². The molecule has 0 amide bonds. The Balaban J connectivity index is 0.000000230. The summed E-state index contributed by atoms with van der Waals surface area (Å²) in [5.41, 5.74) is 6.09. The van der Waals surface area contributed by atoms with E-state index in [1.807, 2.05) is 59.3 Å². The number of hydrogen-bond donors (Lipinski definition) is 0. The fourth-order valence-corrected chi connectivity index (χ4v) is 8.90. The van der Waals surface area contributed by atoms with Crippen molar-refractivity contribution in [3.8, 4) is 28.3 Å². The number of pyridine rings is 1. The summed E-state index contributed by atoms with van der Waals surface area (Å²) in [5.74, 6) is 0.287. The first kappa shape index (κ1) is 40.8. The van der Waals surface area contributed by atoms with E-state index in [0.717, 1.165) is 72.7 Å². The van der Waals surface area contributed by atoms with Gasteiger partial charge in [-0.3, -0.25) is 19.3 Å². The number of aromatic nitrogens is 5. The van der Waals surface area contributed by atoms with Gasteiger partial charge in [0, 0.05) is 66.4 Å². The molecule has 0 fully saturated rings. The van der Waals surface area contributed by atoms with Gasteiger partial charge < -0.3 is 14.0 Å². The summed E-state index contributed by atoms with van der Waals surface area (Å²) in [6.07, 6.45) is 0.848. The number of halogens is 4. The normalized spacial score (nSPS) is 12.0. The molecule has 4 heterocycles. The zero-order valence-electron chi connectivity index (χ0n) is 33.3. The van der Waals surface area contributed by atoms with E-state index in [-0.39, 0.29) is 31.5 Å². The van der Waals surface area contributed by atoms with E-state index >= 15 is 0 Å². The van der Waals surface area contributed by atoms with Crippen LogP contribution in [0.4, 0.5) is 17.6 Å². The molecule has 307 valence electrons. The topological polar surface area (TPSA) is 69.6 Å². The van der Waals surface area contributed by atoms with Crippen molar-refractivity contribution in [2.75, 3.05) is 0 Å². The third-order valence-electron chi connectivity index (χ3n) is 10.9. The molecule has 11 rings (SSSR count). The van der Waals surface area contributed by atoms with E-state index in [1.165, 1.54) is 23.4 Å². The number of fused-ring (bicyclic) bond motifs is 10. The van der Waals surface area contributed by atoms with Crippen molar-refractivity contribution in [1.82, 2.24) is 24.5 Å². The maximum atomic E-state index is 13.5. The van der Waals surface area contributed by atoms with Gasteiger partial charge >= 0.3 is 6.18 Å². The van der Waals surface area contributed by atoms with E-state index in [4.69, 9.17) is 14.4 Å². The van der Waals surface area contributed by atoms with Crippen LogP contribution in [0.1, 0.15) is 5.56 Å². The van der Waals surface area contributed by atoms with Gasteiger partial charge in [-0.2, -0.15) is 13.2 Å². The first-order chi connectivity index (χ1) is 29.4. The summed E-state index contributed by atoms with van der Waals surface area (Å²) in [6, 6.07) is 44.0. The fourth-order valence-electron chi connectivity index (χ4n) is 7.86. The summed E-state index contributed by atoms with van der Waals surface area (Å²) >= 11 is 0. The van der Waals surface area contributed by atoms with Crippen molar-refractivity contribution in [2.45, 2.75) is 25.8 Å². The van der Waals surface area contributed by atoms with E-state index in [2.05, 4.69) is 72.1 Å². The largest absolute Gasteiger partial charge is 0.501 e. The van der Waals surface area contributed by atoms with Crippen molar-refractivity contribution < 1.29 is 42.1 Å². The summed E-state index contributed by atoms with van der Waals surface area (Å²) in [4.78, 5) is 18.8. The summed E-state index contributed by atoms with van der Waals surface area (Å²) in [7, 11) is -1.30. The Morgan fingerprint density at radius 1 is 0.677 bits per heavy atom. The second kappa shape index (κ2) is 15.7. The van der Waals surface area contributed by atoms with Crippen LogP contribution < -0.4 is 5.19 Å². The van der Waals surface area contributed by atoms with E-state index < -0.39 is 19.8 Å². The van der Waals surface area contributed by atoms with Crippen molar-refractivity contribution >= 4 is 78.8 Å². The van der Waals surface area contributed by atoms with E-state index in [9.17, 15) is 17.6 Å². The summed E-state index contributed by atoms with van der Waals surface area (Å²) in [5, 5.41) is 6.71. The third-order valence-corrected chi connectivity index (χ3v) is 12.9. The molecular weight excluding hydrogens is 983 g/mol. The minimum atomic E-state index is -4.48. The first-order valence-corrected chi connectivity index (χ1v) is 23.0. The van der Waals surface area contributed by atoms with Gasteiger partial charge in [-0.05, 0) is 58.1 Å². The van der Waals surface area contributed by atoms with Crippen LogP contribution in [-0.4, -0.2) is 32.6 Å². The Morgan fingerprint density at radius 2 is 1.40 bits per heavy atom. The van der Waals surface area contributed by atoms with Crippen molar-refractivity contribution in [2.24, 2.45) is 0 Å². The maximum absolute atomic E-state index is 13.5. The fraction of sp³-hybridized carbons (Fsp3) is 0.0800. The zero-order valence-corrected chi connectivity index (χ0v) is 36.7. The Hall–Kier alpha value is -6.59. The smallest absolute Gasteiger partial charge is 0.416 e. The number of alkyl halides is 3. The molecule has 0 aliphatic rings. The number of para-hydroxylation sites is 2. The average Bonchev–Trinajstić information content (AvgIpc) is 3.85. The predicted octanol–water partition coefficient (Wildman–Crippen LogP) is 12.9. The molecule has 0 saturated carbocycles. The number of furan rings is 1. The van der Waals surface area contributed by atoms with Crippen molar-refractivity contribution in [1.29, 1.82) is 0 Å². The molecule has 0 aliphatic carbocycles. The Bertz CT molecular complexity index is 3430. The molecule has 6 nitrogen and oxygen atoms in total. The quantitative estimate of drug-likeness (QED) is 0.0760. The van der Waals surface area contributed by atoms with Crippen LogP contribution in [0.15, 0.2) is 150 Å². The molecule has 62 heavy (non-hydrogen) atoms. The van der Waals surface area contributed by atoms with Gasteiger partial charge in [0.15, 0.2) is 0 Å². The van der Waals surface area contributed by atoms with Gasteiger partial charge in [0.05, 0.1) is 47.1 Å². The van der Waals surface area contributed by atoms with Crippen LogP contribution >= 0.6 is 0 Å². The second-order valence-electron chi connectivity index (χ2n) is 15.8. The first-order valence-electron chi connectivity index (χ1n) is 19.5. The zero-order chi connectivity index (χ0) is 42.0. The van der Waals surface area contributed by atoms with Crippen LogP contribution in [0.3, 0.4) is 0 Å². The SMILES string of the molecule is C[Si](C)(C)c1ccc(-c2[c-]cc(F)cc2)nc1.FC(F)(F)c1ccc2c(c1)oc1c(-c3nc4ccccc4n3-c3ccc4c5ccccc5c5nccnc5c4c3)[c-]ccc12.[Ir]. The molecule has 11 aromatic rings. The third kappa shape index (κ3) is 7.23. The van der Waals surface area contributed by atoms with Crippen LogP contribution in [0.5, 0.6) is 0 Å². The predicted molar refractivity (Wildman–Crippen MR) is 237 cm³/mol. The maximum Gasteiger partial charge on any atom is 0.416 e. The average molecular weight is 1020 g/mol. The van der Waals surface area contributed by atoms with Gasteiger partial charge in [0.2, 0.25) is 0 Å². The van der Waals surface area contributed by atoms with Crippen LogP contribution in [0, 0.1) is 17.9 Å². The van der Waals surface area contributed by atoms with E-state index in [1.54, 1.807) is 30.6 Å². The monoisotopic (exact) mass is 1020 g/mol. The Kier molecular flexibility index (Phi) is 10.3. The van der Waals surface area contributed by atoms with Gasteiger partial charge in [-0.1, -0.05) is 91.3 Å². The molecule has 0 N–H and O–H groups in total. The molecule has 4 aromatic heterocycles. The molecule has 0 saturated heterocycles. The molecule has 12 heteroatoms. The molecule has 0 bridgehead atoms. The standard InChI is InChI=1S/C36H18F3N4O.C14H15FNSi.Ir/c37-36(38,39)20-12-14-24-26-8-5-9-27(34(26)44-31(24)18-20)35-42-29-10-3-4-11-30(29)43(35)21-13-15-23-22-6-1-2-7-25(22)32-33(28(23)19-21)41-17-16-40-32;1-17(2,3)13-8-9-14(16-10-13)11-4-6-12(15)7-5-11;/h1-8,10-19H;4,6-10H,1-3H3;/q2*-1;. The molecule has 0 aliphatic heterocycles. The van der Waals surface area contributed by atoms with Crippen LogP contribution in [0.25, 0.3) is 93.9 Å². The van der Waals surface area contributed by atoms with Crippen LogP contribution in [-0.2, 0) is 26.3 Å². The summed E-state index contributed by atoms with van der Waals surface area (Å²) < 4.78 is 61.4. The minimum absolute atomic E-state index is 0. The van der Waals surface area contributed by atoms with Gasteiger partial charge in [0.1, 0.15) is 5.58 Å². The molecule has 1 radical (unpaired) electrons. The number of nitrogens with zero attached hydrogens (tertiary/aromatic N) is 5. The molecular formula is C50H33F4IrN5OSi-2. The van der Waals surface area contributed by atoms with Gasteiger partial charge in [-0.25, -0.2) is 0 Å². The molecule has 0 unspecified atom stereocenters. The summed E-state index contributed by atoms with van der Waals surface area (Å²) in [6.45, 7) is 6.86. The molecule has 7 aromatic carbocycles. The van der Waals surface area contributed by atoms with Crippen molar-refractivity contribution in [3.63, 3.8) is 0 Å². The number of imidazole rings is 1. The second-order valence-corrected chi connectivity index (χ2v) is 20.9. The van der Waals surface area contributed by atoms with Gasteiger partial charge in [-0.15, -0.1) is 48.0 Å². The number of rotatable bonds is 4. The Morgan fingerprint density at radius 3 is 2.13 bits per heavy atom. The van der Waals surface area contributed by atoms with Crippen LogP contribution in [0.2, 0.25) is 19.6 Å². The van der Waals surface area contributed by atoms with E-state index in [0.29, 0.717) is 27.7 Å². The Labute approximate surface area is 367 Å². The molecule has 0 spiro atoms. The number of benzene rings is 7. The number of hydrogen-bond acceptors (Lipinski definition) is 5. The van der Waals surface area contributed by atoms with Gasteiger partial charge in [0.25, 0.3) is 0 Å². The molecule has 0 atom stereocenters.